The van der Waals surface area contributed by atoms with E-state index >= 15 is 0 Å². The number of carbonyl (C=O) groups is 1. The van der Waals surface area contributed by atoms with Crippen LogP contribution in [0.15, 0.2) is 0 Å². The molecule has 2 rings (SSSR count). The Labute approximate surface area is 133 Å². The van der Waals surface area contributed by atoms with Crippen LogP contribution in [0.4, 0.5) is 4.79 Å². The number of hydrogen-bond donors (Lipinski definition) is 1. The maximum absolute atomic E-state index is 12.0. The molecule has 2 aliphatic heterocycles. The molecule has 7 heteroatoms. The van der Waals surface area contributed by atoms with E-state index in [1.165, 1.54) is 0 Å². The van der Waals surface area contributed by atoms with Crippen LogP contribution in [0.25, 0.3) is 0 Å². The molecule has 2 heterocycles. The van der Waals surface area contributed by atoms with E-state index in [0.717, 1.165) is 38.9 Å². The third kappa shape index (κ3) is 5.43. The van der Waals surface area contributed by atoms with E-state index in [9.17, 15) is 13.2 Å². The highest BCUT2D eigenvalue weighted by Crippen LogP contribution is 2.22. The second-order valence-electron chi connectivity index (χ2n) is 7.42. The Morgan fingerprint density at radius 2 is 2.05 bits per heavy atom. The van der Waals surface area contributed by atoms with E-state index in [2.05, 4.69) is 5.32 Å². The van der Waals surface area contributed by atoms with Crippen LogP contribution < -0.4 is 5.32 Å². The molecule has 22 heavy (non-hydrogen) atoms. The number of likely N-dealkylation sites (tertiary alicyclic amines) is 1. The molecule has 2 atom stereocenters. The van der Waals surface area contributed by atoms with E-state index in [1.54, 1.807) is 4.90 Å². The fraction of sp³-hybridized carbons (Fsp3) is 0.933. The molecule has 2 aliphatic rings. The zero-order chi connectivity index (χ0) is 16.4. The molecule has 128 valence electrons. The zero-order valence-electron chi connectivity index (χ0n) is 13.8. The van der Waals surface area contributed by atoms with Crippen molar-refractivity contribution in [1.82, 2.24) is 10.2 Å². The van der Waals surface area contributed by atoms with Gasteiger partial charge >= 0.3 is 6.09 Å². The molecule has 0 aromatic carbocycles. The van der Waals surface area contributed by atoms with Gasteiger partial charge in [-0.25, -0.2) is 13.2 Å². The van der Waals surface area contributed by atoms with Crippen LogP contribution in [-0.2, 0) is 14.6 Å². The molecule has 2 fully saturated rings. The summed E-state index contributed by atoms with van der Waals surface area (Å²) in [5.74, 6) is 1.04. The average molecular weight is 332 g/mol. The minimum absolute atomic E-state index is 0.105. The molecular formula is C15H28N2O4S. The number of ether oxygens (including phenoxy) is 1. The predicted octanol–water partition coefficient (Wildman–Crippen LogP) is 1.41. The summed E-state index contributed by atoms with van der Waals surface area (Å²) in [4.78, 5) is 13.8. The maximum Gasteiger partial charge on any atom is 0.410 e. The summed E-state index contributed by atoms with van der Waals surface area (Å²) in [6.45, 7) is 7.91. The lowest BCUT2D eigenvalue weighted by atomic mass is 10.1. The van der Waals surface area contributed by atoms with Crippen molar-refractivity contribution in [3.05, 3.63) is 0 Å². The van der Waals surface area contributed by atoms with Crippen molar-refractivity contribution < 1.29 is 17.9 Å². The number of sulfone groups is 1. The van der Waals surface area contributed by atoms with Gasteiger partial charge in [-0.1, -0.05) is 0 Å². The van der Waals surface area contributed by atoms with Gasteiger partial charge in [-0.3, -0.25) is 0 Å². The summed E-state index contributed by atoms with van der Waals surface area (Å²) < 4.78 is 28.2. The van der Waals surface area contributed by atoms with Gasteiger partial charge in [0.1, 0.15) is 5.60 Å². The molecule has 2 saturated heterocycles. The van der Waals surface area contributed by atoms with E-state index in [-0.39, 0.29) is 17.9 Å². The summed E-state index contributed by atoms with van der Waals surface area (Å²) in [7, 11) is -2.81. The number of carbonyl (C=O) groups excluding carboxylic acids is 1. The first-order chi connectivity index (χ1) is 10.1. The lowest BCUT2D eigenvalue weighted by Crippen LogP contribution is -2.36. The van der Waals surface area contributed by atoms with Crippen LogP contribution in [0.2, 0.25) is 0 Å². The highest BCUT2D eigenvalue weighted by Gasteiger charge is 2.30. The van der Waals surface area contributed by atoms with Crippen molar-refractivity contribution in [2.45, 2.75) is 51.7 Å². The number of nitrogens with one attached hydrogen (secondary N) is 1. The van der Waals surface area contributed by atoms with Crippen molar-refractivity contribution in [3.8, 4) is 0 Å². The van der Waals surface area contributed by atoms with Gasteiger partial charge < -0.3 is 15.0 Å². The molecule has 0 aromatic heterocycles. The Kier molecular flexibility index (Phi) is 5.37. The molecule has 0 saturated carbocycles. The second-order valence-corrected chi connectivity index (χ2v) is 9.65. The number of rotatable bonds is 4. The Morgan fingerprint density at radius 1 is 1.32 bits per heavy atom. The molecule has 1 N–H and O–H groups in total. The molecule has 1 amide bonds. The van der Waals surface area contributed by atoms with Gasteiger partial charge in [-0.05, 0) is 52.5 Å². The van der Waals surface area contributed by atoms with Crippen LogP contribution in [0.5, 0.6) is 0 Å². The first-order valence-corrected chi connectivity index (χ1v) is 9.88. The summed E-state index contributed by atoms with van der Waals surface area (Å²) >= 11 is 0. The van der Waals surface area contributed by atoms with E-state index < -0.39 is 15.4 Å². The molecule has 0 aliphatic carbocycles. The van der Waals surface area contributed by atoms with Crippen LogP contribution in [0.1, 0.15) is 40.0 Å². The molecule has 0 radical (unpaired) electrons. The fourth-order valence-corrected chi connectivity index (χ4v) is 4.72. The minimum atomic E-state index is -2.81. The Balaban J connectivity index is 1.66. The Morgan fingerprint density at radius 3 is 2.64 bits per heavy atom. The molecule has 0 aromatic rings. The number of hydrogen-bond acceptors (Lipinski definition) is 5. The highest BCUT2D eigenvalue weighted by molar-refractivity contribution is 7.91. The SMILES string of the molecule is CC(C)(C)OC(=O)N1CCC(CCNC2CCS(=O)(=O)C2)C1. The Bertz CT molecular complexity index is 498. The van der Waals surface area contributed by atoms with Crippen molar-refractivity contribution in [2.75, 3.05) is 31.1 Å². The first-order valence-electron chi connectivity index (χ1n) is 8.06. The smallest absolute Gasteiger partial charge is 0.410 e. The van der Waals surface area contributed by atoms with Crippen LogP contribution in [-0.4, -0.2) is 62.2 Å². The highest BCUT2D eigenvalue weighted by atomic mass is 32.2. The molecule has 0 spiro atoms. The van der Waals surface area contributed by atoms with Crippen LogP contribution >= 0.6 is 0 Å². The normalized spacial score (nSPS) is 28.0. The monoisotopic (exact) mass is 332 g/mol. The summed E-state index contributed by atoms with van der Waals surface area (Å²) in [5.41, 5.74) is -0.454. The Hall–Kier alpha value is -0.820. The third-order valence-electron chi connectivity index (χ3n) is 4.16. The minimum Gasteiger partial charge on any atom is -0.444 e. The van der Waals surface area contributed by atoms with E-state index in [4.69, 9.17) is 4.74 Å². The van der Waals surface area contributed by atoms with Gasteiger partial charge in [0, 0.05) is 19.1 Å². The van der Waals surface area contributed by atoms with Crippen LogP contribution in [0, 0.1) is 5.92 Å². The molecule has 6 nitrogen and oxygen atoms in total. The molecule has 2 unspecified atom stereocenters. The van der Waals surface area contributed by atoms with Gasteiger partial charge in [0.2, 0.25) is 0 Å². The van der Waals surface area contributed by atoms with Gasteiger partial charge in [-0.15, -0.1) is 0 Å². The zero-order valence-corrected chi connectivity index (χ0v) is 14.6. The summed E-state index contributed by atoms with van der Waals surface area (Å²) in [6, 6.07) is 0.105. The third-order valence-corrected chi connectivity index (χ3v) is 5.92. The maximum atomic E-state index is 12.0. The average Bonchev–Trinajstić information content (AvgIpc) is 2.94. The van der Waals surface area contributed by atoms with Crippen molar-refractivity contribution >= 4 is 15.9 Å². The van der Waals surface area contributed by atoms with Gasteiger partial charge in [0.05, 0.1) is 11.5 Å². The summed E-state index contributed by atoms with van der Waals surface area (Å²) in [5, 5.41) is 3.33. The van der Waals surface area contributed by atoms with E-state index in [0.29, 0.717) is 11.7 Å². The first kappa shape index (κ1) is 17.5. The van der Waals surface area contributed by atoms with Gasteiger partial charge in [0.15, 0.2) is 9.84 Å². The second kappa shape index (κ2) is 6.74. The fourth-order valence-electron chi connectivity index (χ4n) is 3.01. The van der Waals surface area contributed by atoms with E-state index in [1.807, 2.05) is 20.8 Å². The molecular weight excluding hydrogens is 304 g/mol. The number of amides is 1. The van der Waals surface area contributed by atoms with Crippen molar-refractivity contribution in [1.29, 1.82) is 0 Å². The van der Waals surface area contributed by atoms with Gasteiger partial charge in [-0.2, -0.15) is 0 Å². The quantitative estimate of drug-likeness (QED) is 0.842. The van der Waals surface area contributed by atoms with Crippen LogP contribution in [0.3, 0.4) is 0 Å². The van der Waals surface area contributed by atoms with Crippen molar-refractivity contribution in [3.63, 3.8) is 0 Å². The topological polar surface area (TPSA) is 75.7 Å². The lowest BCUT2D eigenvalue weighted by Gasteiger charge is -2.24. The molecule has 0 bridgehead atoms. The lowest BCUT2D eigenvalue weighted by molar-refractivity contribution is 0.0287. The van der Waals surface area contributed by atoms with Gasteiger partial charge in [0.25, 0.3) is 0 Å². The number of nitrogens with zero attached hydrogens (tertiary/aromatic N) is 1. The summed E-state index contributed by atoms with van der Waals surface area (Å²) in [6.07, 6.45) is 2.45. The van der Waals surface area contributed by atoms with Crippen molar-refractivity contribution in [2.24, 2.45) is 5.92 Å². The standard InChI is InChI=1S/C15H28N2O4S/c1-15(2,3)21-14(18)17-8-5-12(10-17)4-7-16-13-6-9-22(19,20)11-13/h12-13,16H,4-11H2,1-3H3. The largest absolute Gasteiger partial charge is 0.444 e. The predicted molar refractivity (Wildman–Crippen MR) is 85.6 cm³/mol.